The van der Waals surface area contributed by atoms with Crippen LogP contribution in [-0.4, -0.2) is 16.8 Å². The van der Waals surface area contributed by atoms with Crippen LogP contribution >= 0.6 is 10.7 Å². The van der Waals surface area contributed by atoms with Gasteiger partial charge in [0.15, 0.2) is 0 Å². The summed E-state index contributed by atoms with van der Waals surface area (Å²) in [5, 5.41) is 0. The van der Waals surface area contributed by atoms with Gasteiger partial charge in [0, 0.05) is 10.7 Å². The lowest BCUT2D eigenvalue weighted by molar-refractivity contribution is 0.552. The maximum atomic E-state index is 12.4. The molecule has 0 aliphatic heterocycles. The maximum absolute atomic E-state index is 12.4. The third-order valence-electron chi connectivity index (χ3n) is 1.54. The molecule has 15 heavy (non-hydrogen) atoms. The lowest BCUT2D eigenvalue weighted by Crippen LogP contribution is -1.96. The summed E-state index contributed by atoms with van der Waals surface area (Å²) in [5.41, 5.74) is 0.289. The van der Waals surface area contributed by atoms with Crippen LogP contribution in [0.1, 0.15) is 5.56 Å². The van der Waals surface area contributed by atoms with Crippen LogP contribution in [0.4, 0.5) is 3.89 Å². The summed E-state index contributed by atoms with van der Waals surface area (Å²) in [6.45, 7) is 0. The molecular formula is C7H6ClFO4S2. The van der Waals surface area contributed by atoms with Gasteiger partial charge < -0.3 is 0 Å². The van der Waals surface area contributed by atoms with E-state index in [-0.39, 0.29) is 5.56 Å². The molecule has 0 saturated heterocycles. The summed E-state index contributed by atoms with van der Waals surface area (Å²) in [6.07, 6.45) is 0. The van der Waals surface area contributed by atoms with Gasteiger partial charge in [0.2, 0.25) is 9.05 Å². The zero-order chi connectivity index (χ0) is 11.7. The Kier molecular flexibility index (Phi) is 3.37. The van der Waals surface area contributed by atoms with Crippen LogP contribution in [0.3, 0.4) is 0 Å². The van der Waals surface area contributed by atoms with E-state index < -0.39 is 29.9 Å². The van der Waals surface area contributed by atoms with Gasteiger partial charge >= 0.3 is 10.2 Å². The van der Waals surface area contributed by atoms with Crippen molar-refractivity contribution < 1.29 is 20.7 Å². The van der Waals surface area contributed by atoms with Crippen molar-refractivity contribution in [3.8, 4) is 0 Å². The fraction of sp³-hybridized carbons (Fsp3) is 0.143. The predicted molar refractivity (Wildman–Crippen MR) is 53.2 cm³/mol. The highest BCUT2D eigenvalue weighted by Crippen LogP contribution is 2.15. The van der Waals surface area contributed by atoms with Crippen molar-refractivity contribution in [1.29, 1.82) is 0 Å². The predicted octanol–water partition coefficient (Wildman–Crippen LogP) is 1.41. The first-order valence-electron chi connectivity index (χ1n) is 3.64. The van der Waals surface area contributed by atoms with Crippen LogP contribution < -0.4 is 0 Å². The summed E-state index contributed by atoms with van der Waals surface area (Å²) in [7, 11) is -3.46. The molecule has 0 unspecified atom stereocenters. The molecule has 0 radical (unpaired) electrons. The standard InChI is InChI=1S/C7H6ClFO4S2/c8-14(10,11)5-6-1-3-7(4-2-6)15(9,12)13/h1-4H,5H2. The van der Waals surface area contributed by atoms with Gasteiger partial charge in [-0.1, -0.05) is 12.1 Å². The number of rotatable bonds is 3. The van der Waals surface area contributed by atoms with Gasteiger partial charge in [-0.25, -0.2) is 8.42 Å². The minimum absolute atomic E-state index is 0.289. The summed E-state index contributed by atoms with van der Waals surface area (Å²) < 4.78 is 54.6. The highest BCUT2D eigenvalue weighted by Gasteiger charge is 2.12. The SMILES string of the molecule is O=S(=O)(Cl)Cc1ccc(S(=O)(=O)F)cc1. The number of benzene rings is 1. The summed E-state index contributed by atoms with van der Waals surface area (Å²) >= 11 is 0. The molecule has 84 valence electrons. The topological polar surface area (TPSA) is 68.3 Å². The highest BCUT2D eigenvalue weighted by molar-refractivity contribution is 8.13. The molecule has 0 spiro atoms. The molecule has 0 amide bonds. The molecule has 0 aliphatic carbocycles. The van der Waals surface area contributed by atoms with Crippen molar-refractivity contribution in [2.45, 2.75) is 10.6 Å². The number of halogens is 2. The Hall–Kier alpha value is -0.660. The van der Waals surface area contributed by atoms with Gasteiger partial charge in [-0.05, 0) is 17.7 Å². The molecule has 0 heterocycles. The summed E-state index contributed by atoms with van der Waals surface area (Å²) in [6, 6.07) is 4.33. The van der Waals surface area contributed by atoms with Gasteiger partial charge in [0.1, 0.15) is 0 Å². The molecule has 0 saturated carbocycles. The molecule has 0 N–H and O–H groups in total. The zero-order valence-corrected chi connectivity index (χ0v) is 9.61. The van der Waals surface area contributed by atoms with Crippen LogP contribution in [0.5, 0.6) is 0 Å². The van der Waals surface area contributed by atoms with Crippen LogP contribution in [-0.2, 0) is 25.0 Å². The molecule has 4 nitrogen and oxygen atoms in total. The lowest BCUT2D eigenvalue weighted by atomic mass is 10.2. The quantitative estimate of drug-likeness (QED) is 0.780. The molecule has 0 aliphatic rings. The van der Waals surface area contributed by atoms with Crippen LogP contribution in [0.2, 0.25) is 0 Å². The first-order valence-corrected chi connectivity index (χ1v) is 7.50. The van der Waals surface area contributed by atoms with E-state index in [1.807, 2.05) is 0 Å². The van der Waals surface area contributed by atoms with Gasteiger partial charge in [-0.2, -0.15) is 8.42 Å². The minimum atomic E-state index is -4.75. The van der Waals surface area contributed by atoms with Crippen molar-refractivity contribution >= 4 is 30.0 Å². The van der Waals surface area contributed by atoms with Crippen molar-refractivity contribution in [2.75, 3.05) is 0 Å². The summed E-state index contributed by atoms with van der Waals surface area (Å²) in [4.78, 5) is -0.516. The van der Waals surface area contributed by atoms with Crippen LogP contribution in [0, 0.1) is 0 Å². The maximum Gasteiger partial charge on any atom is 0.332 e. The normalized spacial score (nSPS) is 12.7. The van der Waals surface area contributed by atoms with Crippen molar-refractivity contribution in [3.63, 3.8) is 0 Å². The van der Waals surface area contributed by atoms with E-state index in [0.29, 0.717) is 0 Å². The molecule has 1 rings (SSSR count). The van der Waals surface area contributed by atoms with Gasteiger partial charge in [-0.15, -0.1) is 3.89 Å². The second-order valence-corrected chi connectivity index (χ2v) is 6.89. The van der Waals surface area contributed by atoms with Gasteiger partial charge in [-0.3, -0.25) is 0 Å². The molecule has 8 heteroatoms. The first-order chi connectivity index (χ1) is 6.68. The molecule has 1 aromatic carbocycles. The van der Waals surface area contributed by atoms with Gasteiger partial charge in [0.25, 0.3) is 0 Å². The Labute approximate surface area is 91.3 Å². The monoisotopic (exact) mass is 272 g/mol. The Bertz CT molecular complexity index is 547. The Morgan fingerprint density at radius 1 is 1.07 bits per heavy atom. The molecule has 0 bridgehead atoms. The largest absolute Gasteiger partial charge is 0.332 e. The molecule has 0 atom stereocenters. The van der Waals surface area contributed by atoms with Crippen LogP contribution in [0.15, 0.2) is 29.2 Å². The Morgan fingerprint density at radius 3 is 1.87 bits per heavy atom. The molecular weight excluding hydrogens is 267 g/mol. The smallest absolute Gasteiger partial charge is 0.212 e. The lowest BCUT2D eigenvalue weighted by Gasteiger charge is -1.98. The average molecular weight is 273 g/mol. The van der Waals surface area contributed by atoms with E-state index in [9.17, 15) is 20.7 Å². The second kappa shape index (κ2) is 4.07. The first kappa shape index (κ1) is 12.4. The van der Waals surface area contributed by atoms with E-state index in [1.165, 1.54) is 12.1 Å². The zero-order valence-electron chi connectivity index (χ0n) is 7.22. The van der Waals surface area contributed by atoms with E-state index in [0.717, 1.165) is 12.1 Å². The van der Waals surface area contributed by atoms with Crippen molar-refractivity contribution in [3.05, 3.63) is 29.8 Å². The molecule has 0 aromatic heterocycles. The fourth-order valence-electron chi connectivity index (χ4n) is 0.947. The third kappa shape index (κ3) is 4.15. The summed E-state index contributed by atoms with van der Waals surface area (Å²) in [5.74, 6) is -0.429. The third-order valence-corrected chi connectivity index (χ3v) is 3.38. The van der Waals surface area contributed by atoms with E-state index in [2.05, 4.69) is 0 Å². The van der Waals surface area contributed by atoms with Crippen molar-refractivity contribution in [2.24, 2.45) is 0 Å². The highest BCUT2D eigenvalue weighted by atomic mass is 35.7. The molecule has 1 aromatic rings. The average Bonchev–Trinajstić information content (AvgIpc) is 2.00. The van der Waals surface area contributed by atoms with Crippen molar-refractivity contribution in [1.82, 2.24) is 0 Å². The Morgan fingerprint density at radius 2 is 1.53 bits per heavy atom. The van der Waals surface area contributed by atoms with E-state index >= 15 is 0 Å². The Balaban J connectivity index is 3.02. The fourth-order valence-corrected chi connectivity index (χ4v) is 2.38. The number of hydrogen-bond acceptors (Lipinski definition) is 4. The van der Waals surface area contributed by atoms with Gasteiger partial charge in [0.05, 0.1) is 10.6 Å². The minimum Gasteiger partial charge on any atom is -0.212 e. The second-order valence-electron chi connectivity index (χ2n) is 2.76. The molecule has 0 fully saturated rings. The number of hydrogen-bond donors (Lipinski definition) is 0. The van der Waals surface area contributed by atoms with E-state index in [4.69, 9.17) is 10.7 Å². The van der Waals surface area contributed by atoms with Crippen LogP contribution in [0.25, 0.3) is 0 Å². The van der Waals surface area contributed by atoms with E-state index in [1.54, 1.807) is 0 Å².